The number of hydrogen-bond acceptors (Lipinski definition) is 3. The van der Waals surface area contributed by atoms with Gasteiger partial charge in [-0.15, -0.1) is 0 Å². The second-order valence-electron chi connectivity index (χ2n) is 6.47. The minimum Gasteiger partial charge on any atom is -0.481 e. The Morgan fingerprint density at radius 2 is 1.80 bits per heavy atom. The highest BCUT2D eigenvalue weighted by molar-refractivity contribution is 5.85. The number of halogens is 1. The number of benzene rings is 1. The molecule has 2 heterocycles. The summed E-state index contributed by atoms with van der Waals surface area (Å²) >= 11 is 0. The fraction of sp³-hybridized carbons (Fsp3) is 0.300. The molecule has 4 nitrogen and oxygen atoms in total. The number of hydrogen-bond donors (Lipinski definition) is 0. The van der Waals surface area contributed by atoms with E-state index in [0.717, 1.165) is 4.57 Å². The van der Waals surface area contributed by atoms with E-state index in [1.165, 1.54) is 7.11 Å². The first-order chi connectivity index (χ1) is 11.9. The Morgan fingerprint density at radius 3 is 2.40 bits per heavy atom. The first-order valence-corrected chi connectivity index (χ1v) is 8.22. The molecular formula is C20H21FN2O2. The molecule has 0 aliphatic rings. The van der Waals surface area contributed by atoms with E-state index in [1.807, 2.05) is 26.8 Å². The van der Waals surface area contributed by atoms with Crippen LogP contribution >= 0.6 is 0 Å². The van der Waals surface area contributed by atoms with E-state index in [1.54, 1.807) is 31.3 Å². The zero-order valence-electron chi connectivity index (χ0n) is 15.1. The van der Waals surface area contributed by atoms with Crippen molar-refractivity contribution in [3.63, 3.8) is 0 Å². The Kier molecular flexibility index (Phi) is 4.33. The SMILES string of the molecule is COc1ncc(C)c(-n2c(F)c(C(C)C)c3ccccc3c2=O)c1C. The average molecular weight is 340 g/mol. The average Bonchev–Trinajstić information content (AvgIpc) is 2.57. The molecule has 2 aromatic heterocycles. The molecule has 5 heteroatoms. The van der Waals surface area contributed by atoms with Crippen molar-refractivity contribution in [1.29, 1.82) is 0 Å². The number of fused-ring (bicyclic) bond motifs is 1. The van der Waals surface area contributed by atoms with Crippen LogP contribution in [0.3, 0.4) is 0 Å². The largest absolute Gasteiger partial charge is 0.481 e. The Hall–Kier alpha value is -2.69. The summed E-state index contributed by atoms with van der Waals surface area (Å²) in [6.45, 7) is 7.44. The molecule has 3 rings (SSSR count). The van der Waals surface area contributed by atoms with E-state index in [0.29, 0.717) is 39.0 Å². The van der Waals surface area contributed by atoms with Crippen LogP contribution in [0.5, 0.6) is 5.88 Å². The number of pyridine rings is 2. The van der Waals surface area contributed by atoms with E-state index < -0.39 is 5.95 Å². The van der Waals surface area contributed by atoms with Crippen LogP contribution in [0.4, 0.5) is 4.39 Å². The number of aryl methyl sites for hydroxylation is 1. The van der Waals surface area contributed by atoms with Gasteiger partial charge in [0, 0.05) is 22.7 Å². The molecule has 0 radical (unpaired) electrons. The van der Waals surface area contributed by atoms with Crippen LogP contribution in [0.15, 0.2) is 35.3 Å². The van der Waals surface area contributed by atoms with Crippen LogP contribution < -0.4 is 10.3 Å². The summed E-state index contributed by atoms with van der Waals surface area (Å²) in [7, 11) is 1.51. The van der Waals surface area contributed by atoms with Crippen molar-refractivity contribution in [2.45, 2.75) is 33.6 Å². The molecule has 3 aromatic rings. The van der Waals surface area contributed by atoms with Gasteiger partial charge in [0.2, 0.25) is 11.8 Å². The minimum absolute atomic E-state index is 0.0684. The summed E-state index contributed by atoms with van der Waals surface area (Å²) in [5, 5.41) is 1.16. The summed E-state index contributed by atoms with van der Waals surface area (Å²) in [5.41, 5.74) is 1.99. The molecule has 0 atom stereocenters. The molecule has 0 aliphatic carbocycles. The highest BCUT2D eigenvalue weighted by Crippen LogP contribution is 2.30. The molecule has 1 aromatic carbocycles. The van der Waals surface area contributed by atoms with Crippen molar-refractivity contribution < 1.29 is 9.13 Å². The van der Waals surface area contributed by atoms with Crippen LogP contribution in [0, 0.1) is 19.8 Å². The molecule has 0 saturated heterocycles. The van der Waals surface area contributed by atoms with Crippen molar-refractivity contribution in [3.05, 3.63) is 63.5 Å². The molecule has 0 saturated carbocycles. The van der Waals surface area contributed by atoms with Crippen molar-refractivity contribution in [2.24, 2.45) is 0 Å². The maximum atomic E-state index is 15.5. The Labute approximate surface area is 145 Å². The summed E-state index contributed by atoms with van der Waals surface area (Å²) in [4.78, 5) is 17.3. The van der Waals surface area contributed by atoms with E-state index in [9.17, 15) is 4.79 Å². The minimum atomic E-state index is -0.529. The van der Waals surface area contributed by atoms with Gasteiger partial charge in [-0.25, -0.2) is 4.98 Å². The molecule has 0 N–H and O–H groups in total. The molecule has 0 fully saturated rings. The lowest BCUT2D eigenvalue weighted by atomic mass is 9.97. The monoisotopic (exact) mass is 340 g/mol. The molecular weight excluding hydrogens is 319 g/mol. The zero-order valence-corrected chi connectivity index (χ0v) is 15.1. The van der Waals surface area contributed by atoms with E-state index >= 15 is 4.39 Å². The standard InChI is InChI=1S/C20H21FN2O2/c1-11(2)16-14-8-6-7-9-15(14)20(24)23(18(16)21)17-12(3)10-22-19(25-5)13(17)4/h6-11H,1-5H3. The highest BCUT2D eigenvalue weighted by atomic mass is 19.1. The summed E-state index contributed by atoms with van der Waals surface area (Å²) in [5.74, 6) is -0.217. The van der Waals surface area contributed by atoms with Gasteiger partial charge in [0.25, 0.3) is 5.56 Å². The molecule has 0 spiro atoms. The third kappa shape index (κ3) is 2.60. The summed E-state index contributed by atoms with van der Waals surface area (Å²) in [6.07, 6.45) is 1.59. The quantitative estimate of drug-likeness (QED) is 0.669. The van der Waals surface area contributed by atoms with Gasteiger partial charge < -0.3 is 4.74 Å². The number of nitrogens with zero attached hydrogens (tertiary/aromatic N) is 2. The van der Waals surface area contributed by atoms with Crippen molar-refractivity contribution in [1.82, 2.24) is 9.55 Å². The summed E-state index contributed by atoms with van der Waals surface area (Å²) < 4.78 is 21.9. The first-order valence-electron chi connectivity index (χ1n) is 8.22. The normalized spacial score (nSPS) is 11.3. The molecule has 25 heavy (non-hydrogen) atoms. The van der Waals surface area contributed by atoms with Crippen LogP contribution in [-0.4, -0.2) is 16.7 Å². The number of ether oxygens (including phenoxy) is 1. The Bertz CT molecular complexity index is 1020. The van der Waals surface area contributed by atoms with E-state index in [2.05, 4.69) is 4.98 Å². The second-order valence-corrected chi connectivity index (χ2v) is 6.47. The third-order valence-electron chi connectivity index (χ3n) is 4.49. The van der Waals surface area contributed by atoms with Crippen molar-refractivity contribution in [3.8, 4) is 11.6 Å². The molecule has 0 aliphatic heterocycles. The van der Waals surface area contributed by atoms with Gasteiger partial charge in [-0.2, -0.15) is 4.39 Å². The molecule has 0 bridgehead atoms. The van der Waals surface area contributed by atoms with Gasteiger partial charge in [-0.1, -0.05) is 32.0 Å². The van der Waals surface area contributed by atoms with Gasteiger partial charge in [-0.3, -0.25) is 9.36 Å². The lowest BCUT2D eigenvalue weighted by Crippen LogP contribution is -2.25. The van der Waals surface area contributed by atoms with Crippen LogP contribution in [0.1, 0.15) is 36.5 Å². The number of rotatable bonds is 3. The topological polar surface area (TPSA) is 44.1 Å². The predicted molar refractivity (Wildman–Crippen MR) is 97.4 cm³/mol. The fourth-order valence-electron chi connectivity index (χ4n) is 3.35. The maximum Gasteiger partial charge on any atom is 0.265 e. The first kappa shape index (κ1) is 17.1. The fourth-order valence-corrected chi connectivity index (χ4v) is 3.35. The zero-order chi connectivity index (χ0) is 18.3. The maximum absolute atomic E-state index is 15.5. The third-order valence-corrected chi connectivity index (χ3v) is 4.49. The molecule has 0 amide bonds. The highest BCUT2D eigenvalue weighted by Gasteiger charge is 2.23. The van der Waals surface area contributed by atoms with Crippen molar-refractivity contribution in [2.75, 3.05) is 7.11 Å². The van der Waals surface area contributed by atoms with Gasteiger partial charge in [0.1, 0.15) is 0 Å². The lowest BCUT2D eigenvalue weighted by molar-refractivity contribution is 0.393. The Morgan fingerprint density at radius 1 is 1.16 bits per heavy atom. The predicted octanol–water partition coefficient (Wildman–Crippen LogP) is 4.27. The van der Waals surface area contributed by atoms with Crippen LogP contribution in [0.2, 0.25) is 0 Å². The summed E-state index contributed by atoms with van der Waals surface area (Å²) in [6, 6.07) is 7.15. The van der Waals surface area contributed by atoms with Crippen LogP contribution in [-0.2, 0) is 0 Å². The molecule has 0 unspecified atom stereocenters. The lowest BCUT2D eigenvalue weighted by Gasteiger charge is -2.20. The van der Waals surface area contributed by atoms with E-state index in [4.69, 9.17) is 4.74 Å². The van der Waals surface area contributed by atoms with E-state index in [-0.39, 0.29) is 11.5 Å². The van der Waals surface area contributed by atoms with Crippen molar-refractivity contribution >= 4 is 10.8 Å². The molecule has 130 valence electrons. The second kappa shape index (κ2) is 6.31. The van der Waals surface area contributed by atoms with Gasteiger partial charge in [0.15, 0.2) is 0 Å². The number of methoxy groups -OCH3 is 1. The smallest absolute Gasteiger partial charge is 0.265 e. The Balaban J connectivity index is 2.53. The van der Waals surface area contributed by atoms with Gasteiger partial charge >= 0.3 is 0 Å². The van der Waals surface area contributed by atoms with Gasteiger partial charge in [0.05, 0.1) is 12.8 Å². The number of aromatic nitrogens is 2. The van der Waals surface area contributed by atoms with Crippen LogP contribution in [0.25, 0.3) is 16.5 Å². The van der Waals surface area contributed by atoms with Gasteiger partial charge in [-0.05, 0) is 36.8 Å².